The van der Waals surface area contributed by atoms with Crippen molar-refractivity contribution >= 4 is 107 Å². The number of hydrogen-bond donors (Lipinski definition) is 0. The zero-order chi connectivity index (χ0) is 73.4. The first kappa shape index (κ1) is 85.5. The molecule has 0 spiro atoms. The zero-order valence-corrected chi connectivity index (χ0v) is 55.5. The molecule has 0 saturated heterocycles. The SMILES string of the molecule is [CH]C(C)C(=O)OC(C)C(=O)OC(C)C(=O)OC(C)C(=O)OCC(=O)OCC(COC(=O)COC(=O)C(C)OC(=O)C(C)OC(=O)C(C)C)(COC(=O)COC(=O)C(C)OC(=O)C(C)OC(=O)C(C)C)COC(=O)COC(=O)C(C)OC(=O)C(C)OC(=O)C(C)OC(=O)C(C)C. The number of hydrogen-bond acceptors (Lipinski definition) is 36. The summed E-state index contributed by atoms with van der Waals surface area (Å²) >= 11 is 0. The van der Waals surface area contributed by atoms with Gasteiger partial charge in [-0.25, -0.2) is 67.1 Å². The largest absolute Gasteiger partial charge is 0.462 e. The maximum absolute atomic E-state index is 13.3. The standard InChI is InChI=1S/C59H82O36/c1-27(2)45(64)86-35(13)53(72)90-31(9)49(68)78-19-41(60)82-23-59(24-83-42(61)20-79-50(69)32(10)91-54(73)36(14)87-46(65)28(3)4,25-84-43(62)21-80-51(70)33(11)92-57(76)39(17)94-55(74)37(15)88-47(66)29(5)6)26-85-44(63)22-81-52(71)34(12)93-58(77)40(18)95-56(75)38(16)89-48(67)30(7)8/h5,27-40H,19-26H2,1-4,6-18H3. The van der Waals surface area contributed by atoms with Crippen LogP contribution in [0.25, 0.3) is 0 Å². The minimum Gasteiger partial charge on any atom is -0.462 e. The zero-order valence-electron chi connectivity index (χ0n) is 55.5. The lowest BCUT2D eigenvalue weighted by Crippen LogP contribution is -2.45. The van der Waals surface area contributed by atoms with Crippen LogP contribution in [-0.2, 0) is 172 Å². The molecule has 11 atom stereocenters. The maximum Gasteiger partial charge on any atom is 0.347 e. The first-order chi connectivity index (χ1) is 43.9. The van der Waals surface area contributed by atoms with Gasteiger partial charge in [0.05, 0.1) is 23.7 Å². The van der Waals surface area contributed by atoms with Crippen LogP contribution < -0.4 is 0 Å². The van der Waals surface area contributed by atoms with Gasteiger partial charge in [0, 0.05) is 0 Å². The molecule has 11 unspecified atom stereocenters. The summed E-state index contributed by atoms with van der Waals surface area (Å²) in [5.74, 6) is -25.2. The summed E-state index contributed by atoms with van der Waals surface area (Å²) in [5, 5.41) is 0. The Labute approximate surface area is 545 Å². The van der Waals surface area contributed by atoms with Crippen LogP contribution in [0.3, 0.4) is 0 Å². The molecule has 0 fully saturated rings. The topological polar surface area (TPSA) is 473 Å². The molecule has 95 heavy (non-hydrogen) atoms. The average molecular weight is 1370 g/mol. The molecule has 0 aliphatic carbocycles. The molecule has 0 N–H and O–H groups in total. The van der Waals surface area contributed by atoms with Gasteiger partial charge in [-0.05, 0) is 76.2 Å². The Bertz CT molecular complexity index is 2560. The van der Waals surface area contributed by atoms with Crippen LogP contribution in [0.1, 0.15) is 118 Å². The van der Waals surface area contributed by atoms with Crippen molar-refractivity contribution < 1.29 is 172 Å². The van der Waals surface area contributed by atoms with Gasteiger partial charge in [-0.2, -0.15) is 0 Å². The summed E-state index contributed by atoms with van der Waals surface area (Å²) in [6.45, 7) is 16.2. The third kappa shape index (κ3) is 33.7. The fraction of sp³-hybridized carbons (Fsp3) is 0.678. The van der Waals surface area contributed by atoms with Crippen molar-refractivity contribution in [2.24, 2.45) is 29.1 Å². The molecule has 0 aromatic carbocycles. The van der Waals surface area contributed by atoms with Gasteiger partial charge in [-0.15, -0.1) is 0 Å². The van der Waals surface area contributed by atoms with Gasteiger partial charge in [0.1, 0.15) is 31.8 Å². The van der Waals surface area contributed by atoms with Crippen molar-refractivity contribution in [2.75, 3.05) is 52.9 Å². The lowest BCUT2D eigenvalue weighted by molar-refractivity contribution is -0.186. The van der Waals surface area contributed by atoms with E-state index >= 15 is 0 Å². The van der Waals surface area contributed by atoms with Crippen molar-refractivity contribution in [1.29, 1.82) is 0 Å². The smallest absolute Gasteiger partial charge is 0.347 e. The molecule has 0 bridgehead atoms. The molecule has 0 aromatic rings. The monoisotopic (exact) mass is 1370 g/mol. The minimum atomic E-state index is -2.38. The number of rotatable bonds is 40. The van der Waals surface area contributed by atoms with Crippen LogP contribution in [-0.4, -0.2) is 221 Å². The fourth-order valence-electron chi connectivity index (χ4n) is 5.65. The Morgan fingerprint density at radius 2 is 0.368 bits per heavy atom. The Kier molecular flexibility index (Phi) is 37.7. The van der Waals surface area contributed by atoms with Gasteiger partial charge in [-0.3, -0.25) is 19.2 Å². The fourth-order valence-corrected chi connectivity index (χ4v) is 5.65. The molecule has 534 valence electrons. The van der Waals surface area contributed by atoms with E-state index in [9.17, 15) is 86.3 Å². The van der Waals surface area contributed by atoms with Crippen LogP contribution in [0.4, 0.5) is 0 Å². The van der Waals surface area contributed by atoms with Crippen molar-refractivity contribution in [3.8, 4) is 0 Å². The molecule has 0 aromatic heterocycles. The number of carbonyl (C=O) groups excluding carboxylic acids is 18. The molecule has 36 nitrogen and oxygen atoms in total. The van der Waals surface area contributed by atoms with Gasteiger partial charge in [0.15, 0.2) is 87.5 Å². The molecule has 2 radical (unpaired) electrons. The van der Waals surface area contributed by atoms with Crippen LogP contribution in [0.5, 0.6) is 0 Å². The van der Waals surface area contributed by atoms with E-state index < -0.39 is 250 Å². The van der Waals surface area contributed by atoms with Crippen molar-refractivity contribution in [2.45, 2.75) is 179 Å². The van der Waals surface area contributed by atoms with Gasteiger partial charge in [0.25, 0.3) is 0 Å². The number of esters is 18. The van der Waals surface area contributed by atoms with Crippen LogP contribution in [0.15, 0.2) is 0 Å². The molecule has 0 heterocycles. The van der Waals surface area contributed by atoms with Crippen LogP contribution in [0.2, 0.25) is 0 Å². The van der Waals surface area contributed by atoms with E-state index in [2.05, 4.69) is 0 Å². The Balaban J connectivity index is 6.86. The summed E-state index contributed by atoms with van der Waals surface area (Å²) in [4.78, 5) is 227. The number of ether oxygens (including phenoxy) is 18. The molecular formula is C59H82O36. The van der Waals surface area contributed by atoms with E-state index in [4.69, 9.17) is 92.2 Å². The highest BCUT2D eigenvalue weighted by atomic mass is 16.7. The Morgan fingerprint density at radius 3 is 0.526 bits per heavy atom. The number of carbonyl (C=O) groups is 18. The van der Waals surface area contributed by atoms with Crippen LogP contribution >= 0.6 is 0 Å². The predicted octanol–water partition coefficient (Wildman–Crippen LogP) is -0.0494. The van der Waals surface area contributed by atoms with E-state index in [1.807, 2.05) is 0 Å². The summed E-state index contributed by atoms with van der Waals surface area (Å²) in [6.07, 6.45) is -16.5. The quantitative estimate of drug-likeness (QED) is 0.0573. The normalized spacial score (nSPS) is 14.7. The third-order valence-corrected chi connectivity index (χ3v) is 11.5. The van der Waals surface area contributed by atoms with Gasteiger partial charge >= 0.3 is 107 Å². The summed E-state index contributed by atoms with van der Waals surface area (Å²) in [6, 6.07) is 0. The highest BCUT2D eigenvalue weighted by Gasteiger charge is 2.40. The highest BCUT2D eigenvalue weighted by Crippen LogP contribution is 2.23. The summed E-state index contributed by atoms with van der Waals surface area (Å²) in [5.41, 5.74) is -2.38. The second-order valence-electron chi connectivity index (χ2n) is 21.6. The Morgan fingerprint density at radius 1 is 0.221 bits per heavy atom. The maximum atomic E-state index is 13.3. The van der Waals surface area contributed by atoms with Crippen molar-refractivity contribution in [3.05, 3.63) is 6.92 Å². The van der Waals surface area contributed by atoms with Crippen molar-refractivity contribution in [3.63, 3.8) is 0 Å². The molecule has 0 amide bonds. The van der Waals surface area contributed by atoms with E-state index in [1.165, 1.54) is 55.4 Å². The molecule has 0 aliphatic rings. The first-order valence-electron chi connectivity index (χ1n) is 29.0. The first-order valence-corrected chi connectivity index (χ1v) is 29.0. The van der Waals surface area contributed by atoms with E-state index in [0.29, 0.717) is 0 Å². The van der Waals surface area contributed by atoms with E-state index in [0.717, 1.165) is 62.3 Å². The average Bonchev–Trinajstić information content (AvgIpc) is 1.09. The molecule has 36 heteroatoms. The van der Waals surface area contributed by atoms with Crippen molar-refractivity contribution in [1.82, 2.24) is 0 Å². The lowest BCUT2D eigenvalue weighted by Gasteiger charge is -2.31. The molecule has 0 rings (SSSR count). The van der Waals surface area contributed by atoms with E-state index in [-0.39, 0.29) is 0 Å². The predicted molar refractivity (Wildman–Crippen MR) is 304 cm³/mol. The third-order valence-electron chi connectivity index (χ3n) is 11.5. The second kappa shape index (κ2) is 41.9. The minimum absolute atomic E-state index is 0.614. The van der Waals surface area contributed by atoms with E-state index in [1.54, 1.807) is 0 Å². The Hall–Kier alpha value is -9.54. The molecule has 0 aliphatic heterocycles. The van der Waals surface area contributed by atoms with Gasteiger partial charge < -0.3 is 85.3 Å². The van der Waals surface area contributed by atoms with Gasteiger partial charge in [0.2, 0.25) is 0 Å². The summed E-state index contributed by atoms with van der Waals surface area (Å²) in [7, 11) is 0. The highest BCUT2D eigenvalue weighted by molar-refractivity contribution is 5.88. The molecule has 0 saturated carbocycles. The van der Waals surface area contributed by atoms with Crippen LogP contribution in [0, 0.1) is 36.0 Å². The lowest BCUT2D eigenvalue weighted by atomic mass is 9.92. The second-order valence-corrected chi connectivity index (χ2v) is 21.6. The molecular weight excluding hydrogens is 1280 g/mol. The summed E-state index contributed by atoms with van der Waals surface area (Å²) < 4.78 is 89.8. The van der Waals surface area contributed by atoms with Gasteiger partial charge in [-0.1, -0.05) is 48.5 Å².